The largest absolute Gasteiger partial charge is 0.356 e. The number of imidazole rings is 1. The van der Waals surface area contributed by atoms with E-state index < -0.39 is 0 Å². The molecule has 0 spiro atoms. The first kappa shape index (κ1) is 12.7. The molecule has 0 atom stereocenters. The Morgan fingerprint density at radius 2 is 2.31 bits per heavy atom. The molecule has 90 valence electrons. The van der Waals surface area contributed by atoms with Crippen molar-refractivity contribution in [3.05, 3.63) is 18.2 Å². The predicted molar refractivity (Wildman–Crippen MR) is 62.8 cm³/mol. The smallest absolute Gasteiger partial charge is 0.219 e. The van der Waals surface area contributed by atoms with Gasteiger partial charge < -0.3 is 16.0 Å². The molecule has 0 saturated heterocycles. The lowest BCUT2D eigenvalue weighted by Crippen LogP contribution is -2.24. The van der Waals surface area contributed by atoms with Crippen molar-refractivity contribution >= 4 is 5.91 Å². The van der Waals surface area contributed by atoms with Crippen LogP contribution in [-0.2, 0) is 11.2 Å². The number of aromatic amines is 1. The van der Waals surface area contributed by atoms with Crippen LogP contribution in [0.5, 0.6) is 0 Å². The highest BCUT2D eigenvalue weighted by atomic mass is 16.1. The SMILES string of the molecule is NCCCCC(=O)NCCCc1ncc[nH]1. The number of nitrogens with zero attached hydrogens (tertiary/aromatic N) is 1. The van der Waals surface area contributed by atoms with Gasteiger partial charge in [0.15, 0.2) is 0 Å². The number of hydrogen-bond donors (Lipinski definition) is 3. The number of aromatic nitrogens is 2. The summed E-state index contributed by atoms with van der Waals surface area (Å²) in [6, 6.07) is 0. The molecule has 0 saturated carbocycles. The molecule has 1 aromatic rings. The number of H-pyrrole nitrogens is 1. The van der Waals surface area contributed by atoms with E-state index in [0.717, 1.165) is 31.5 Å². The summed E-state index contributed by atoms with van der Waals surface area (Å²) >= 11 is 0. The number of amides is 1. The number of aryl methyl sites for hydroxylation is 1. The minimum absolute atomic E-state index is 0.118. The third kappa shape index (κ3) is 5.50. The summed E-state index contributed by atoms with van der Waals surface area (Å²) in [6.07, 6.45) is 7.70. The summed E-state index contributed by atoms with van der Waals surface area (Å²) in [5, 5.41) is 2.88. The zero-order valence-electron chi connectivity index (χ0n) is 9.54. The second-order valence-corrected chi connectivity index (χ2v) is 3.74. The van der Waals surface area contributed by atoms with Crippen molar-refractivity contribution in [2.24, 2.45) is 5.73 Å². The van der Waals surface area contributed by atoms with E-state index in [1.165, 1.54) is 0 Å². The Kier molecular flexibility index (Phi) is 6.25. The molecule has 0 unspecified atom stereocenters. The van der Waals surface area contributed by atoms with E-state index in [-0.39, 0.29) is 5.91 Å². The van der Waals surface area contributed by atoms with E-state index >= 15 is 0 Å². The van der Waals surface area contributed by atoms with Gasteiger partial charge in [0.1, 0.15) is 5.82 Å². The zero-order chi connectivity index (χ0) is 11.6. The highest BCUT2D eigenvalue weighted by molar-refractivity contribution is 5.75. The molecule has 1 aromatic heterocycles. The molecule has 0 bridgehead atoms. The molecule has 0 aliphatic rings. The zero-order valence-corrected chi connectivity index (χ0v) is 9.54. The Morgan fingerprint density at radius 1 is 1.44 bits per heavy atom. The molecular weight excluding hydrogens is 204 g/mol. The Morgan fingerprint density at radius 3 is 3.00 bits per heavy atom. The first-order valence-electron chi connectivity index (χ1n) is 5.78. The molecule has 5 nitrogen and oxygen atoms in total. The third-order valence-corrected chi connectivity index (χ3v) is 2.33. The van der Waals surface area contributed by atoms with Gasteiger partial charge in [0.25, 0.3) is 0 Å². The standard InChI is InChI=1S/C11H20N4O/c12-6-2-1-5-11(16)15-7-3-4-10-13-8-9-14-10/h8-9H,1-7,12H2,(H,13,14)(H,15,16). The number of carbonyl (C=O) groups excluding carboxylic acids is 1. The minimum Gasteiger partial charge on any atom is -0.356 e. The van der Waals surface area contributed by atoms with Gasteiger partial charge in [0.05, 0.1) is 0 Å². The fraction of sp³-hybridized carbons (Fsp3) is 0.636. The maximum Gasteiger partial charge on any atom is 0.219 e. The van der Waals surface area contributed by atoms with Gasteiger partial charge in [-0.1, -0.05) is 0 Å². The van der Waals surface area contributed by atoms with Gasteiger partial charge in [0, 0.05) is 31.8 Å². The first-order valence-corrected chi connectivity index (χ1v) is 5.78. The molecule has 16 heavy (non-hydrogen) atoms. The van der Waals surface area contributed by atoms with Crippen LogP contribution in [0, 0.1) is 0 Å². The number of rotatable bonds is 8. The highest BCUT2D eigenvalue weighted by Crippen LogP contribution is 1.95. The van der Waals surface area contributed by atoms with Crippen molar-refractivity contribution in [3.8, 4) is 0 Å². The van der Waals surface area contributed by atoms with Crippen LogP contribution in [0.1, 0.15) is 31.5 Å². The lowest BCUT2D eigenvalue weighted by molar-refractivity contribution is -0.121. The van der Waals surface area contributed by atoms with Gasteiger partial charge in [-0.2, -0.15) is 0 Å². The van der Waals surface area contributed by atoms with Gasteiger partial charge >= 0.3 is 0 Å². The van der Waals surface area contributed by atoms with Crippen LogP contribution in [0.25, 0.3) is 0 Å². The van der Waals surface area contributed by atoms with Crippen molar-refractivity contribution in [3.63, 3.8) is 0 Å². The van der Waals surface area contributed by atoms with Crippen LogP contribution >= 0.6 is 0 Å². The van der Waals surface area contributed by atoms with Crippen molar-refractivity contribution in [2.75, 3.05) is 13.1 Å². The van der Waals surface area contributed by atoms with Crippen LogP contribution in [-0.4, -0.2) is 29.0 Å². The van der Waals surface area contributed by atoms with Crippen molar-refractivity contribution < 1.29 is 4.79 Å². The molecule has 0 aromatic carbocycles. The van der Waals surface area contributed by atoms with E-state index in [2.05, 4.69) is 15.3 Å². The van der Waals surface area contributed by atoms with Gasteiger partial charge in [-0.15, -0.1) is 0 Å². The summed E-state index contributed by atoms with van der Waals surface area (Å²) in [5.41, 5.74) is 5.35. The molecule has 5 heteroatoms. The summed E-state index contributed by atoms with van der Waals surface area (Å²) < 4.78 is 0. The first-order chi connectivity index (χ1) is 7.83. The van der Waals surface area contributed by atoms with E-state index in [1.54, 1.807) is 12.4 Å². The molecule has 1 amide bonds. The quantitative estimate of drug-likeness (QED) is 0.565. The van der Waals surface area contributed by atoms with Crippen LogP contribution < -0.4 is 11.1 Å². The van der Waals surface area contributed by atoms with Crippen molar-refractivity contribution in [2.45, 2.75) is 32.1 Å². The topological polar surface area (TPSA) is 83.8 Å². The lowest BCUT2D eigenvalue weighted by atomic mass is 10.2. The number of nitrogens with two attached hydrogens (primary N) is 1. The Balaban J connectivity index is 1.96. The van der Waals surface area contributed by atoms with Crippen LogP contribution in [0.15, 0.2) is 12.4 Å². The molecule has 4 N–H and O–H groups in total. The van der Waals surface area contributed by atoms with Crippen LogP contribution in [0.3, 0.4) is 0 Å². The fourth-order valence-corrected chi connectivity index (χ4v) is 1.44. The Hall–Kier alpha value is -1.36. The number of hydrogen-bond acceptors (Lipinski definition) is 3. The van der Waals surface area contributed by atoms with E-state index in [9.17, 15) is 4.79 Å². The summed E-state index contributed by atoms with van der Waals surface area (Å²) in [7, 11) is 0. The molecule has 0 radical (unpaired) electrons. The van der Waals surface area contributed by atoms with Crippen LogP contribution in [0.4, 0.5) is 0 Å². The second-order valence-electron chi connectivity index (χ2n) is 3.74. The van der Waals surface area contributed by atoms with Crippen molar-refractivity contribution in [1.29, 1.82) is 0 Å². The molecule has 1 heterocycles. The van der Waals surface area contributed by atoms with Gasteiger partial charge in [-0.05, 0) is 25.8 Å². The summed E-state index contributed by atoms with van der Waals surface area (Å²) in [6.45, 7) is 1.37. The third-order valence-electron chi connectivity index (χ3n) is 2.33. The number of carbonyl (C=O) groups is 1. The van der Waals surface area contributed by atoms with E-state index in [1.807, 2.05) is 0 Å². The molecule has 0 aliphatic carbocycles. The lowest BCUT2D eigenvalue weighted by Gasteiger charge is -2.03. The molecule has 0 fully saturated rings. The van der Waals surface area contributed by atoms with Crippen LogP contribution in [0.2, 0.25) is 0 Å². The summed E-state index contributed by atoms with van der Waals surface area (Å²) in [4.78, 5) is 18.4. The Bertz CT molecular complexity index is 284. The number of nitrogens with one attached hydrogen (secondary N) is 2. The normalized spacial score (nSPS) is 10.3. The molecule has 1 rings (SSSR count). The maximum atomic E-state index is 11.3. The highest BCUT2D eigenvalue weighted by Gasteiger charge is 2.00. The average Bonchev–Trinajstić information content (AvgIpc) is 2.78. The predicted octanol–water partition coefficient (Wildman–Crippen LogP) is 0.587. The number of unbranched alkanes of at least 4 members (excludes halogenated alkanes) is 1. The molecule has 0 aliphatic heterocycles. The maximum absolute atomic E-state index is 11.3. The van der Waals surface area contributed by atoms with E-state index in [4.69, 9.17) is 5.73 Å². The van der Waals surface area contributed by atoms with Crippen molar-refractivity contribution in [1.82, 2.24) is 15.3 Å². The van der Waals surface area contributed by atoms with E-state index in [0.29, 0.717) is 19.5 Å². The monoisotopic (exact) mass is 224 g/mol. The Labute approximate surface area is 95.8 Å². The molecular formula is C11H20N4O. The fourth-order valence-electron chi connectivity index (χ4n) is 1.44. The second kappa shape index (κ2) is 7.87. The summed E-state index contributed by atoms with van der Waals surface area (Å²) in [5.74, 6) is 1.09. The van der Waals surface area contributed by atoms with Gasteiger partial charge in [-0.3, -0.25) is 4.79 Å². The van der Waals surface area contributed by atoms with Gasteiger partial charge in [-0.25, -0.2) is 4.98 Å². The minimum atomic E-state index is 0.118. The average molecular weight is 224 g/mol. The van der Waals surface area contributed by atoms with Gasteiger partial charge in [0.2, 0.25) is 5.91 Å².